The summed E-state index contributed by atoms with van der Waals surface area (Å²) >= 11 is 4.66. The Morgan fingerprint density at radius 3 is 2.68 bits per heavy atom. The predicted octanol–water partition coefficient (Wildman–Crippen LogP) is 3.50. The topological polar surface area (TPSA) is 121 Å². The van der Waals surface area contributed by atoms with Gasteiger partial charge in [-0.25, -0.2) is 9.79 Å². The first-order chi connectivity index (χ1) is 19.8. The number of rotatable bonds is 11. The number of nitrogens with zero attached hydrogens (tertiary/aromatic N) is 3. The van der Waals surface area contributed by atoms with Gasteiger partial charge < -0.3 is 23.7 Å². The van der Waals surface area contributed by atoms with Crippen LogP contribution in [0.1, 0.15) is 31.0 Å². The van der Waals surface area contributed by atoms with Crippen LogP contribution in [0.5, 0.6) is 17.2 Å². The molecular formula is C29H28BrN3O7S. The zero-order chi connectivity index (χ0) is 29.5. The zero-order valence-corrected chi connectivity index (χ0v) is 25.3. The van der Waals surface area contributed by atoms with Gasteiger partial charge in [0.15, 0.2) is 22.9 Å². The molecule has 3 aromatic rings. The smallest absolute Gasteiger partial charge is 0.338 e. The summed E-state index contributed by atoms with van der Waals surface area (Å²) in [7, 11) is 3.05. The Morgan fingerprint density at radius 1 is 1.20 bits per heavy atom. The summed E-state index contributed by atoms with van der Waals surface area (Å²) in [5.74, 6) is 0.797. The SMILES string of the molecule is CCOc1c(OC)cccc1[C@@H]1C(C(=O)OCCOC)=C(C)N=c2s/c(=C/c3ccc(OCC#N)c(Br)c3)c(=O)n21. The first kappa shape index (κ1) is 30.0. The number of aromatic nitrogens is 1. The first-order valence-electron chi connectivity index (χ1n) is 12.6. The number of esters is 1. The van der Waals surface area contributed by atoms with Crippen molar-refractivity contribution in [1.82, 2.24) is 4.57 Å². The number of thiazole rings is 1. The molecule has 0 N–H and O–H groups in total. The first-order valence-corrected chi connectivity index (χ1v) is 14.2. The average molecular weight is 643 g/mol. The van der Waals surface area contributed by atoms with Crippen molar-refractivity contribution in [2.24, 2.45) is 4.99 Å². The molecule has 0 aliphatic carbocycles. The Labute approximate surface area is 248 Å². The summed E-state index contributed by atoms with van der Waals surface area (Å²) in [5, 5.41) is 8.79. The van der Waals surface area contributed by atoms with Crippen LogP contribution in [0, 0.1) is 11.3 Å². The van der Waals surface area contributed by atoms with E-state index in [1.807, 2.05) is 13.0 Å². The third kappa shape index (κ3) is 6.37. The van der Waals surface area contributed by atoms with E-state index in [1.54, 1.807) is 49.4 Å². The van der Waals surface area contributed by atoms with Crippen LogP contribution in [-0.2, 0) is 14.3 Å². The number of carbonyl (C=O) groups is 1. The molecule has 41 heavy (non-hydrogen) atoms. The summed E-state index contributed by atoms with van der Waals surface area (Å²) < 4.78 is 30.0. The monoisotopic (exact) mass is 641 g/mol. The molecule has 0 spiro atoms. The number of fused-ring (bicyclic) bond motifs is 1. The fourth-order valence-electron chi connectivity index (χ4n) is 4.37. The number of para-hydroxylation sites is 1. The van der Waals surface area contributed by atoms with Crippen LogP contribution in [0.25, 0.3) is 6.08 Å². The summed E-state index contributed by atoms with van der Waals surface area (Å²) in [4.78, 5) is 32.5. The predicted molar refractivity (Wildman–Crippen MR) is 156 cm³/mol. The molecule has 1 aliphatic heterocycles. The number of carbonyl (C=O) groups excluding carboxylic acids is 1. The number of hydrogen-bond acceptors (Lipinski definition) is 10. The number of halogens is 1. The van der Waals surface area contributed by atoms with Crippen molar-refractivity contribution in [3.63, 3.8) is 0 Å². The molecule has 2 aromatic carbocycles. The molecule has 0 fully saturated rings. The minimum atomic E-state index is -0.881. The Kier molecular flexibility index (Phi) is 9.99. The van der Waals surface area contributed by atoms with Crippen molar-refractivity contribution in [1.29, 1.82) is 5.26 Å². The quantitative estimate of drug-likeness (QED) is 0.230. The second-order valence-electron chi connectivity index (χ2n) is 8.66. The van der Waals surface area contributed by atoms with Crippen molar-refractivity contribution < 1.29 is 28.5 Å². The molecule has 214 valence electrons. The number of ether oxygens (including phenoxy) is 5. The molecule has 1 atom stereocenters. The number of allylic oxidation sites excluding steroid dienone is 1. The second-order valence-corrected chi connectivity index (χ2v) is 10.5. The molecular weight excluding hydrogens is 614 g/mol. The van der Waals surface area contributed by atoms with Crippen LogP contribution < -0.4 is 29.1 Å². The maximum absolute atomic E-state index is 14.0. The molecule has 0 unspecified atom stereocenters. The lowest BCUT2D eigenvalue weighted by molar-refractivity contribution is -0.140. The van der Waals surface area contributed by atoms with E-state index in [2.05, 4.69) is 20.9 Å². The van der Waals surface area contributed by atoms with Crippen LogP contribution >= 0.6 is 27.3 Å². The lowest BCUT2D eigenvalue weighted by Gasteiger charge is -2.27. The van der Waals surface area contributed by atoms with Crippen molar-refractivity contribution >= 4 is 39.3 Å². The highest BCUT2D eigenvalue weighted by atomic mass is 79.9. The zero-order valence-electron chi connectivity index (χ0n) is 22.9. The van der Waals surface area contributed by atoms with Gasteiger partial charge in [0, 0.05) is 12.7 Å². The van der Waals surface area contributed by atoms with Gasteiger partial charge in [0.1, 0.15) is 24.5 Å². The largest absolute Gasteiger partial charge is 0.493 e. The Morgan fingerprint density at radius 2 is 2.00 bits per heavy atom. The third-order valence-corrected chi connectivity index (χ3v) is 7.72. The van der Waals surface area contributed by atoms with E-state index in [0.717, 1.165) is 5.56 Å². The van der Waals surface area contributed by atoms with Crippen molar-refractivity contribution in [3.05, 3.63) is 83.0 Å². The van der Waals surface area contributed by atoms with Crippen LogP contribution in [0.3, 0.4) is 0 Å². The summed E-state index contributed by atoms with van der Waals surface area (Å²) in [6.45, 7) is 4.09. The van der Waals surface area contributed by atoms with Gasteiger partial charge in [-0.3, -0.25) is 9.36 Å². The summed E-state index contributed by atoms with van der Waals surface area (Å²) in [6, 6.07) is 11.7. The molecule has 4 rings (SSSR count). The van der Waals surface area contributed by atoms with Gasteiger partial charge in [0.05, 0.1) is 40.6 Å². The minimum Gasteiger partial charge on any atom is -0.493 e. The van der Waals surface area contributed by atoms with Crippen molar-refractivity contribution in [3.8, 4) is 23.3 Å². The van der Waals surface area contributed by atoms with E-state index >= 15 is 0 Å². The van der Waals surface area contributed by atoms with Crippen LogP contribution in [0.15, 0.2) is 61.9 Å². The Hall–Kier alpha value is -3.92. The van der Waals surface area contributed by atoms with Gasteiger partial charge in [0.2, 0.25) is 0 Å². The molecule has 0 saturated carbocycles. The fourth-order valence-corrected chi connectivity index (χ4v) is 5.92. The number of nitriles is 1. The molecule has 1 aromatic heterocycles. The molecule has 0 radical (unpaired) electrons. The van der Waals surface area contributed by atoms with E-state index in [-0.39, 0.29) is 31.0 Å². The minimum absolute atomic E-state index is 0.0443. The van der Waals surface area contributed by atoms with Gasteiger partial charge in [-0.1, -0.05) is 29.5 Å². The van der Waals surface area contributed by atoms with Gasteiger partial charge in [-0.2, -0.15) is 5.26 Å². The van der Waals surface area contributed by atoms with Gasteiger partial charge >= 0.3 is 5.97 Å². The number of benzene rings is 2. The normalized spacial score (nSPS) is 14.6. The van der Waals surface area contributed by atoms with E-state index < -0.39 is 12.0 Å². The molecule has 0 bridgehead atoms. The van der Waals surface area contributed by atoms with Crippen LogP contribution in [0.2, 0.25) is 0 Å². The van der Waals surface area contributed by atoms with E-state index in [0.29, 0.717) is 48.9 Å². The maximum Gasteiger partial charge on any atom is 0.338 e. The lowest BCUT2D eigenvalue weighted by atomic mass is 9.94. The highest BCUT2D eigenvalue weighted by Crippen LogP contribution is 2.40. The molecule has 0 saturated heterocycles. The highest BCUT2D eigenvalue weighted by molar-refractivity contribution is 9.10. The van der Waals surface area contributed by atoms with Crippen molar-refractivity contribution in [2.45, 2.75) is 19.9 Å². The van der Waals surface area contributed by atoms with Gasteiger partial charge in [-0.05, 0) is 59.6 Å². The highest BCUT2D eigenvalue weighted by Gasteiger charge is 2.36. The molecule has 12 heteroatoms. The summed E-state index contributed by atoms with van der Waals surface area (Å²) in [5.41, 5.74) is 1.61. The van der Waals surface area contributed by atoms with Crippen LogP contribution in [-0.4, -0.2) is 51.2 Å². The number of hydrogen-bond donors (Lipinski definition) is 0. The van der Waals surface area contributed by atoms with Gasteiger partial charge in [0.25, 0.3) is 5.56 Å². The second kappa shape index (κ2) is 13.6. The molecule has 1 aliphatic rings. The van der Waals surface area contributed by atoms with E-state index in [4.69, 9.17) is 28.9 Å². The third-order valence-electron chi connectivity index (χ3n) is 6.12. The van der Waals surface area contributed by atoms with Gasteiger partial charge in [-0.15, -0.1) is 0 Å². The average Bonchev–Trinajstić information content (AvgIpc) is 3.26. The Bertz CT molecular complexity index is 1700. The maximum atomic E-state index is 14.0. The van der Waals surface area contributed by atoms with E-state index in [9.17, 15) is 9.59 Å². The molecule has 2 heterocycles. The number of methoxy groups -OCH3 is 2. The van der Waals surface area contributed by atoms with E-state index in [1.165, 1.54) is 30.1 Å². The lowest BCUT2D eigenvalue weighted by Crippen LogP contribution is -2.40. The fraction of sp³-hybridized carbons (Fsp3) is 0.310. The molecule has 10 nitrogen and oxygen atoms in total. The standard InChI is InChI=1S/C29H28BrN3O7S/c1-5-38-26-19(7-6-8-22(26)37-4)25-24(28(35)40-14-13-36-3)17(2)32-29-33(25)27(34)23(41-29)16-18-9-10-21(20(30)15-18)39-12-11-31/h6-10,15-16,25H,5,12-14H2,1-4H3/b23-16+/t25-/m1/s1. The molecule has 0 amide bonds. The Balaban J connectivity index is 1.91. The summed E-state index contributed by atoms with van der Waals surface area (Å²) in [6.07, 6.45) is 1.74. The van der Waals surface area contributed by atoms with Crippen molar-refractivity contribution in [2.75, 3.05) is 40.6 Å². The van der Waals surface area contributed by atoms with Crippen LogP contribution in [0.4, 0.5) is 0 Å².